The minimum Gasteiger partial charge on any atom is -0.489 e. The average molecular weight is 409 g/mol. The first kappa shape index (κ1) is 21.2. The fraction of sp³-hybridized carbons (Fsp3) is 0.227. The van der Waals surface area contributed by atoms with Crippen LogP contribution in [-0.4, -0.2) is 39.3 Å². The van der Waals surface area contributed by atoms with Crippen LogP contribution in [0.2, 0.25) is 0 Å². The van der Waals surface area contributed by atoms with E-state index in [4.69, 9.17) is 9.94 Å². The summed E-state index contributed by atoms with van der Waals surface area (Å²) in [6.07, 6.45) is 0. The third-order valence-electron chi connectivity index (χ3n) is 4.62. The number of aromatic nitrogens is 1. The fourth-order valence-electron chi connectivity index (χ4n) is 2.93. The van der Waals surface area contributed by atoms with Crippen LogP contribution in [0.3, 0.4) is 0 Å². The molecule has 0 saturated heterocycles. The van der Waals surface area contributed by atoms with Gasteiger partial charge in [-0.2, -0.15) is 0 Å². The summed E-state index contributed by atoms with van der Waals surface area (Å²) in [5.74, 6) is -0.884. The molecule has 1 heterocycles. The largest absolute Gasteiger partial charge is 0.489 e. The van der Waals surface area contributed by atoms with Crippen molar-refractivity contribution in [2.45, 2.75) is 26.1 Å². The molecular weight excluding hydrogens is 386 g/mol. The Bertz CT molecular complexity index is 1060. The summed E-state index contributed by atoms with van der Waals surface area (Å²) >= 11 is 0. The van der Waals surface area contributed by atoms with Crippen LogP contribution < -0.4 is 15.5 Å². The molecule has 0 fully saturated rings. The van der Waals surface area contributed by atoms with E-state index in [0.29, 0.717) is 17.9 Å². The highest BCUT2D eigenvalue weighted by molar-refractivity contribution is 5.95. The summed E-state index contributed by atoms with van der Waals surface area (Å²) < 4.78 is 5.87. The van der Waals surface area contributed by atoms with Crippen LogP contribution in [0, 0.1) is 6.92 Å². The van der Waals surface area contributed by atoms with E-state index in [9.17, 15) is 14.7 Å². The standard InChI is InChI=1S/C22H23N3O5/c1-14-11-16(18-5-3-4-6-19(18)24-14)12-30-17-9-7-15(8-10-17)20(26)23-13-22(2,28)21(27)25-29/h3-11,28-29H,12-13H2,1-2H3,(H,23,26)(H,25,27)/t22-/m0/s1. The summed E-state index contributed by atoms with van der Waals surface area (Å²) in [6, 6.07) is 16.4. The number of aryl methyl sites for hydroxylation is 1. The molecule has 0 spiro atoms. The van der Waals surface area contributed by atoms with Gasteiger partial charge in [0.2, 0.25) is 0 Å². The number of hydroxylamine groups is 1. The van der Waals surface area contributed by atoms with Gasteiger partial charge in [-0.1, -0.05) is 18.2 Å². The van der Waals surface area contributed by atoms with Gasteiger partial charge in [0.1, 0.15) is 12.4 Å². The van der Waals surface area contributed by atoms with Crippen LogP contribution in [0.5, 0.6) is 5.75 Å². The Balaban J connectivity index is 1.63. The Morgan fingerprint density at radius 2 is 1.83 bits per heavy atom. The number of amides is 2. The van der Waals surface area contributed by atoms with Crippen LogP contribution in [0.1, 0.15) is 28.5 Å². The van der Waals surface area contributed by atoms with E-state index >= 15 is 0 Å². The molecule has 8 nitrogen and oxygen atoms in total. The van der Waals surface area contributed by atoms with Crippen LogP contribution >= 0.6 is 0 Å². The van der Waals surface area contributed by atoms with Crippen molar-refractivity contribution in [3.8, 4) is 5.75 Å². The van der Waals surface area contributed by atoms with Gasteiger partial charge >= 0.3 is 0 Å². The summed E-state index contributed by atoms with van der Waals surface area (Å²) in [7, 11) is 0. The van der Waals surface area contributed by atoms with Crippen LogP contribution in [0.15, 0.2) is 54.6 Å². The summed E-state index contributed by atoms with van der Waals surface area (Å²) in [6.45, 7) is 3.12. The van der Waals surface area contributed by atoms with Crippen LogP contribution in [-0.2, 0) is 11.4 Å². The number of ether oxygens (including phenoxy) is 1. The zero-order valence-corrected chi connectivity index (χ0v) is 16.7. The number of carbonyl (C=O) groups excluding carboxylic acids is 2. The van der Waals surface area contributed by atoms with Gasteiger partial charge in [0, 0.05) is 22.2 Å². The van der Waals surface area contributed by atoms with Crippen molar-refractivity contribution in [3.05, 3.63) is 71.4 Å². The smallest absolute Gasteiger partial charge is 0.276 e. The number of rotatable bonds is 7. The molecule has 0 aliphatic carbocycles. The van der Waals surface area contributed by atoms with Gasteiger partial charge in [-0.25, -0.2) is 5.48 Å². The van der Waals surface area contributed by atoms with E-state index < -0.39 is 17.4 Å². The lowest BCUT2D eigenvalue weighted by Crippen LogP contribution is -2.51. The maximum absolute atomic E-state index is 12.2. The summed E-state index contributed by atoms with van der Waals surface area (Å²) in [4.78, 5) is 28.1. The number of para-hydroxylation sites is 1. The number of benzene rings is 2. The molecule has 0 aliphatic rings. The molecule has 0 bridgehead atoms. The van der Waals surface area contributed by atoms with Crippen molar-refractivity contribution in [2.75, 3.05) is 6.54 Å². The number of hydrogen-bond donors (Lipinski definition) is 4. The third kappa shape index (κ3) is 4.91. The third-order valence-corrected chi connectivity index (χ3v) is 4.62. The van der Waals surface area contributed by atoms with Gasteiger partial charge < -0.3 is 15.2 Å². The van der Waals surface area contributed by atoms with Crippen molar-refractivity contribution in [1.82, 2.24) is 15.8 Å². The molecule has 0 unspecified atom stereocenters. The molecule has 3 aromatic rings. The molecule has 2 amide bonds. The minimum atomic E-state index is -1.93. The maximum atomic E-state index is 12.2. The normalized spacial score (nSPS) is 12.8. The first-order chi connectivity index (χ1) is 14.3. The second kappa shape index (κ2) is 8.89. The molecule has 1 atom stereocenters. The molecule has 1 aromatic heterocycles. The molecule has 30 heavy (non-hydrogen) atoms. The average Bonchev–Trinajstić information content (AvgIpc) is 2.75. The Morgan fingerprint density at radius 1 is 1.13 bits per heavy atom. The zero-order chi connectivity index (χ0) is 21.7. The molecule has 156 valence electrons. The minimum absolute atomic E-state index is 0.341. The molecule has 2 aromatic carbocycles. The van der Waals surface area contributed by atoms with Gasteiger partial charge in [0.25, 0.3) is 11.8 Å². The van der Waals surface area contributed by atoms with Crippen molar-refractivity contribution in [1.29, 1.82) is 0 Å². The Hall–Kier alpha value is -3.49. The second-order valence-electron chi connectivity index (χ2n) is 7.15. The molecule has 0 saturated carbocycles. The number of carbonyl (C=O) groups is 2. The lowest BCUT2D eigenvalue weighted by molar-refractivity contribution is -0.146. The van der Waals surface area contributed by atoms with E-state index in [2.05, 4.69) is 10.3 Å². The van der Waals surface area contributed by atoms with Crippen LogP contribution in [0.25, 0.3) is 10.9 Å². The molecule has 8 heteroatoms. The molecule has 0 radical (unpaired) electrons. The Morgan fingerprint density at radius 3 is 2.53 bits per heavy atom. The monoisotopic (exact) mass is 409 g/mol. The van der Waals surface area contributed by atoms with Crippen LogP contribution in [0.4, 0.5) is 0 Å². The zero-order valence-electron chi connectivity index (χ0n) is 16.7. The van der Waals surface area contributed by atoms with Gasteiger partial charge in [-0.05, 0) is 50.2 Å². The Kier molecular flexibility index (Phi) is 6.29. The number of fused-ring (bicyclic) bond motifs is 1. The topological polar surface area (TPSA) is 121 Å². The molecule has 4 N–H and O–H groups in total. The van der Waals surface area contributed by atoms with Crippen molar-refractivity contribution >= 4 is 22.7 Å². The van der Waals surface area contributed by atoms with Gasteiger partial charge in [0.05, 0.1) is 12.1 Å². The first-order valence-corrected chi connectivity index (χ1v) is 9.33. The van der Waals surface area contributed by atoms with Gasteiger partial charge in [-0.3, -0.25) is 19.8 Å². The fourth-order valence-corrected chi connectivity index (χ4v) is 2.93. The lowest BCUT2D eigenvalue weighted by Gasteiger charge is -2.20. The number of pyridine rings is 1. The summed E-state index contributed by atoms with van der Waals surface area (Å²) in [5.41, 5.74) is 2.60. The molecule has 0 aliphatic heterocycles. The summed E-state index contributed by atoms with van der Waals surface area (Å²) in [5, 5.41) is 22.0. The number of nitrogens with one attached hydrogen (secondary N) is 2. The van der Waals surface area contributed by atoms with Crippen molar-refractivity contribution in [2.24, 2.45) is 0 Å². The predicted molar refractivity (Wildman–Crippen MR) is 110 cm³/mol. The Labute approximate surface area is 173 Å². The molecular formula is C22H23N3O5. The first-order valence-electron chi connectivity index (χ1n) is 9.33. The van der Waals surface area contributed by atoms with E-state index in [1.54, 1.807) is 24.3 Å². The predicted octanol–water partition coefficient (Wildman–Crippen LogP) is 2.11. The highest BCUT2D eigenvalue weighted by Gasteiger charge is 2.30. The number of hydrogen-bond acceptors (Lipinski definition) is 6. The van der Waals surface area contributed by atoms with E-state index in [-0.39, 0.29) is 6.54 Å². The van der Waals surface area contributed by atoms with Crippen molar-refractivity contribution < 1.29 is 24.6 Å². The SMILES string of the molecule is Cc1cc(COc2ccc(C(=O)NC[C@](C)(O)C(=O)NO)cc2)c2ccccc2n1. The quantitative estimate of drug-likeness (QED) is 0.350. The van der Waals surface area contributed by atoms with Gasteiger partial charge in [-0.15, -0.1) is 0 Å². The van der Waals surface area contributed by atoms with Gasteiger partial charge in [0.15, 0.2) is 5.60 Å². The van der Waals surface area contributed by atoms with E-state index in [0.717, 1.165) is 22.2 Å². The number of aliphatic hydroxyl groups is 1. The highest BCUT2D eigenvalue weighted by Crippen LogP contribution is 2.21. The lowest BCUT2D eigenvalue weighted by atomic mass is 10.1. The molecule has 3 rings (SSSR count). The number of nitrogens with zero attached hydrogens (tertiary/aromatic N) is 1. The van der Waals surface area contributed by atoms with E-state index in [1.807, 2.05) is 37.3 Å². The van der Waals surface area contributed by atoms with E-state index in [1.165, 1.54) is 12.4 Å². The maximum Gasteiger partial charge on any atom is 0.276 e. The second-order valence-corrected chi connectivity index (χ2v) is 7.15. The highest BCUT2D eigenvalue weighted by atomic mass is 16.5. The van der Waals surface area contributed by atoms with Crippen molar-refractivity contribution in [3.63, 3.8) is 0 Å².